The van der Waals surface area contributed by atoms with Crippen LogP contribution >= 0.6 is 0 Å². The van der Waals surface area contributed by atoms with Crippen LogP contribution < -0.4 is 5.32 Å². The first kappa shape index (κ1) is 14.6. The van der Waals surface area contributed by atoms with Crippen molar-refractivity contribution in [2.24, 2.45) is 0 Å². The number of unbranched alkanes of at least 4 members (excludes halogenated alkanes) is 2. The van der Waals surface area contributed by atoms with Gasteiger partial charge in [0.15, 0.2) is 0 Å². The van der Waals surface area contributed by atoms with Gasteiger partial charge in [0, 0.05) is 12.2 Å². The Labute approximate surface area is 112 Å². The highest BCUT2D eigenvalue weighted by molar-refractivity contribution is 5.61. The Morgan fingerprint density at radius 1 is 1.06 bits per heavy atom. The first-order valence-electron chi connectivity index (χ1n) is 6.74. The fourth-order valence-corrected chi connectivity index (χ4v) is 1.82. The zero-order valence-electron chi connectivity index (χ0n) is 11.8. The van der Waals surface area contributed by atoms with Gasteiger partial charge in [-0.15, -0.1) is 6.58 Å². The van der Waals surface area contributed by atoms with Crippen LogP contribution in [0.15, 0.2) is 43.0 Å². The van der Waals surface area contributed by atoms with Crippen molar-refractivity contribution in [1.82, 2.24) is 5.32 Å². The highest BCUT2D eigenvalue weighted by Gasteiger charge is 1.97. The van der Waals surface area contributed by atoms with E-state index in [-0.39, 0.29) is 0 Å². The molecule has 0 saturated carbocycles. The summed E-state index contributed by atoms with van der Waals surface area (Å²) in [5, 5.41) is 3.39. The summed E-state index contributed by atoms with van der Waals surface area (Å²) in [4.78, 5) is 0. The third-order valence-electron chi connectivity index (χ3n) is 3.02. The topological polar surface area (TPSA) is 12.0 Å². The number of allylic oxidation sites excluding steroid dienone is 1. The van der Waals surface area contributed by atoms with Crippen LogP contribution in [-0.2, 0) is 0 Å². The summed E-state index contributed by atoms with van der Waals surface area (Å²) >= 11 is 0. The van der Waals surface area contributed by atoms with Gasteiger partial charge in [-0.3, -0.25) is 0 Å². The third kappa shape index (κ3) is 5.72. The van der Waals surface area contributed by atoms with Gasteiger partial charge in [-0.1, -0.05) is 48.4 Å². The van der Waals surface area contributed by atoms with Crippen molar-refractivity contribution < 1.29 is 0 Å². The van der Waals surface area contributed by atoms with Crippen molar-refractivity contribution in [1.29, 1.82) is 0 Å². The Hall–Kier alpha value is -1.50. The lowest BCUT2D eigenvalue weighted by Gasteiger charge is -2.10. The molecule has 0 aliphatic heterocycles. The van der Waals surface area contributed by atoms with Crippen molar-refractivity contribution in [3.63, 3.8) is 0 Å². The number of hydrogen-bond donors (Lipinski definition) is 1. The van der Waals surface area contributed by atoms with Crippen LogP contribution in [0.4, 0.5) is 0 Å². The Bertz CT molecular complexity index is 387. The molecule has 0 radical (unpaired) electrons. The molecular formula is C17H25N. The average molecular weight is 243 g/mol. The van der Waals surface area contributed by atoms with Gasteiger partial charge in [0.25, 0.3) is 0 Å². The first-order chi connectivity index (χ1) is 8.59. The molecule has 0 amide bonds. The average Bonchev–Trinajstić information content (AvgIpc) is 2.34. The number of nitrogens with one attached hydrogen (secondary N) is 1. The zero-order chi connectivity index (χ0) is 13.4. The smallest absolute Gasteiger partial charge is 0.0340 e. The van der Waals surface area contributed by atoms with Crippen molar-refractivity contribution in [2.45, 2.75) is 39.5 Å². The molecule has 0 unspecified atom stereocenters. The first-order valence-corrected chi connectivity index (χ1v) is 6.74. The van der Waals surface area contributed by atoms with E-state index in [1.54, 1.807) is 0 Å². The minimum atomic E-state index is 1.00. The highest BCUT2D eigenvalue weighted by atomic mass is 14.9. The summed E-state index contributed by atoms with van der Waals surface area (Å²) < 4.78 is 0. The molecule has 98 valence electrons. The van der Waals surface area contributed by atoms with Gasteiger partial charge >= 0.3 is 0 Å². The second-order valence-electron chi connectivity index (χ2n) is 5.04. The SMILES string of the molecule is C=C(C)CCCCCNC(=C)c1ccc(C)cc1. The van der Waals surface area contributed by atoms with Gasteiger partial charge in [-0.25, -0.2) is 0 Å². The van der Waals surface area contributed by atoms with E-state index in [0.717, 1.165) is 18.7 Å². The number of benzene rings is 1. The molecule has 1 heteroatoms. The summed E-state index contributed by atoms with van der Waals surface area (Å²) in [6, 6.07) is 8.47. The predicted molar refractivity (Wildman–Crippen MR) is 81.5 cm³/mol. The van der Waals surface area contributed by atoms with Gasteiger partial charge in [-0.2, -0.15) is 0 Å². The Morgan fingerprint density at radius 2 is 1.72 bits per heavy atom. The largest absolute Gasteiger partial charge is 0.385 e. The van der Waals surface area contributed by atoms with Crippen LogP contribution in [0.3, 0.4) is 0 Å². The van der Waals surface area contributed by atoms with E-state index in [9.17, 15) is 0 Å². The lowest BCUT2D eigenvalue weighted by molar-refractivity contribution is 0.658. The molecular weight excluding hydrogens is 218 g/mol. The van der Waals surface area contributed by atoms with E-state index in [2.05, 4.69) is 56.6 Å². The van der Waals surface area contributed by atoms with Crippen molar-refractivity contribution in [2.75, 3.05) is 6.54 Å². The summed E-state index contributed by atoms with van der Waals surface area (Å²) in [6.45, 7) is 13.2. The van der Waals surface area contributed by atoms with E-state index in [1.165, 1.54) is 36.0 Å². The number of hydrogen-bond acceptors (Lipinski definition) is 1. The van der Waals surface area contributed by atoms with Gasteiger partial charge in [0.2, 0.25) is 0 Å². The summed E-state index contributed by atoms with van der Waals surface area (Å²) in [5.41, 5.74) is 4.77. The normalized spacial score (nSPS) is 10.1. The molecule has 0 heterocycles. The van der Waals surface area contributed by atoms with Crippen molar-refractivity contribution in [3.05, 3.63) is 54.1 Å². The molecule has 0 fully saturated rings. The summed E-state index contributed by atoms with van der Waals surface area (Å²) in [6.07, 6.45) is 4.84. The lowest BCUT2D eigenvalue weighted by atomic mass is 10.1. The van der Waals surface area contributed by atoms with E-state index >= 15 is 0 Å². The van der Waals surface area contributed by atoms with Crippen LogP contribution in [0.5, 0.6) is 0 Å². The molecule has 0 spiro atoms. The molecule has 0 saturated heterocycles. The van der Waals surface area contributed by atoms with Crippen molar-refractivity contribution in [3.8, 4) is 0 Å². The Balaban J connectivity index is 2.17. The fourth-order valence-electron chi connectivity index (χ4n) is 1.82. The summed E-state index contributed by atoms with van der Waals surface area (Å²) in [7, 11) is 0. The molecule has 18 heavy (non-hydrogen) atoms. The lowest BCUT2D eigenvalue weighted by Crippen LogP contribution is -2.12. The molecule has 0 bridgehead atoms. The van der Waals surface area contributed by atoms with Crippen molar-refractivity contribution >= 4 is 5.70 Å². The van der Waals surface area contributed by atoms with Crippen LogP contribution in [0.25, 0.3) is 5.70 Å². The molecule has 0 atom stereocenters. The van der Waals surface area contributed by atoms with Gasteiger partial charge in [0.1, 0.15) is 0 Å². The number of rotatable bonds is 8. The fraction of sp³-hybridized carbons (Fsp3) is 0.412. The molecule has 1 N–H and O–H groups in total. The van der Waals surface area contributed by atoms with Crippen LogP contribution in [0.2, 0.25) is 0 Å². The molecule has 0 aliphatic rings. The maximum Gasteiger partial charge on any atom is 0.0340 e. The molecule has 0 aliphatic carbocycles. The van der Waals surface area contributed by atoms with Gasteiger partial charge in [0.05, 0.1) is 0 Å². The van der Waals surface area contributed by atoms with Gasteiger partial charge < -0.3 is 5.32 Å². The molecule has 1 nitrogen and oxygen atoms in total. The maximum absolute atomic E-state index is 4.08. The maximum atomic E-state index is 4.08. The van der Waals surface area contributed by atoms with E-state index in [4.69, 9.17) is 0 Å². The Kier molecular flexibility index (Phi) is 6.27. The third-order valence-corrected chi connectivity index (χ3v) is 3.02. The standard InChI is InChI=1S/C17H25N/c1-14(2)8-6-5-7-13-18-16(4)17-11-9-15(3)10-12-17/h9-12,18H,1,4-8,13H2,2-3H3. The summed E-state index contributed by atoms with van der Waals surface area (Å²) in [5.74, 6) is 0. The van der Waals surface area contributed by atoms with E-state index < -0.39 is 0 Å². The molecule has 0 aromatic heterocycles. The molecule has 1 aromatic carbocycles. The number of aryl methyl sites for hydroxylation is 1. The predicted octanol–water partition coefficient (Wildman–Crippen LogP) is 4.69. The van der Waals surface area contributed by atoms with Crippen LogP contribution in [0, 0.1) is 6.92 Å². The monoisotopic (exact) mass is 243 g/mol. The quantitative estimate of drug-likeness (QED) is 0.516. The second kappa shape index (κ2) is 7.75. The van der Waals surface area contributed by atoms with E-state index in [1.807, 2.05) is 0 Å². The zero-order valence-corrected chi connectivity index (χ0v) is 11.8. The van der Waals surface area contributed by atoms with Gasteiger partial charge in [-0.05, 0) is 38.7 Å². The Morgan fingerprint density at radius 3 is 2.33 bits per heavy atom. The minimum Gasteiger partial charge on any atom is -0.385 e. The van der Waals surface area contributed by atoms with Crippen LogP contribution in [0.1, 0.15) is 43.7 Å². The molecule has 1 rings (SSSR count). The van der Waals surface area contributed by atoms with E-state index in [0.29, 0.717) is 0 Å². The highest BCUT2D eigenvalue weighted by Crippen LogP contribution is 2.11. The van der Waals surface area contributed by atoms with Crippen LogP contribution in [-0.4, -0.2) is 6.54 Å². The minimum absolute atomic E-state index is 1.00. The molecule has 1 aromatic rings. The second-order valence-corrected chi connectivity index (χ2v) is 5.04.